The summed E-state index contributed by atoms with van der Waals surface area (Å²) in [6.45, 7) is 3.02. The number of para-hydroxylation sites is 1. The van der Waals surface area contributed by atoms with Gasteiger partial charge in [-0.3, -0.25) is 14.5 Å². The van der Waals surface area contributed by atoms with Crippen molar-refractivity contribution in [3.63, 3.8) is 0 Å². The second kappa shape index (κ2) is 8.76. The number of amides is 2. The molecule has 2 heterocycles. The molecule has 7 heteroatoms. The Morgan fingerprint density at radius 2 is 1.73 bits per heavy atom. The normalized spacial score (nSPS) is 19.5. The summed E-state index contributed by atoms with van der Waals surface area (Å²) in [7, 11) is 0. The summed E-state index contributed by atoms with van der Waals surface area (Å²) in [5.74, 6) is 0.747. The molecule has 33 heavy (non-hydrogen) atoms. The van der Waals surface area contributed by atoms with Crippen LogP contribution in [0.5, 0.6) is 5.75 Å². The summed E-state index contributed by atoms with van der Waals surface area (Å²) in [6.07, 6.45) is 0.915. The molecule has 1 saturated heterocycles. The SMILES string of the molecule is CCCOc1ccc(N2C(=O)CS[C@@]23C(=O)N(Cc2ccccc2Cl)c2ccccc23)cc1. The van der Waals surface area contributed by atoms with Crippen LogP contribution in [0.25, 0.3) is 0 Å². The zero-order chi connectivity index (χ0) is 23.0. The van der Waals surface area contributed by atoms with Crippen molar-refractivity contribution in [1.82, 2.24) is 0 Å². The number of carbonyl (C=O) groups is 2. The summed E-state index contributed by atoms with van der Waals surface area (Å²) in [4.78, 5) is 29.5. The average molecular weight is 479 g/mol. The molecule has 0 aromatic heterocycles. The van der Waals surface area contributed by atoms with E-state index >= 15 is 0 Å². The summed E-state index contributed by atoms with van der Waals surface area (Å²) < 4.78 is 5.69. The molecular weight excluding hydrogens is 456 g/mol. The Labute approximate surface area is 202 Å². The van der Waals surface area contributed by atoms with Crippen molar-refractivity contribution in [3.05, 3.63) is 88.9 Å². The van der Waals surface area contributed by atoms with Gasteiger partial charge in [0.1, 0.15) is 5.75 Å². The number of fused-ring (bicyclic) bond motifs is 2. The van der Waals surface area contributed by atoms with Crippen LogP contribution in [0.3, 0.4) is 0 Å². The van der Waals surface area contributed by atoms with Gasteiger partial charge in [0.2, 0.25) is 10.8 Å². The molecule has 1 atom stereocenters. The predicted molar refractivity (Wildman–Crippen MR) is 133 cm³/mol. The number of anilines is 2. The first-order valence-corrected chi connectivity index (χ1v) is 12.3. The smallest absolute Gasteiger partial charge is 0.269 e. The lowest BCUT2D eigenvalue weighted by molar-refractivity contribution is -0.123. The van der Waals surface area contributed by atoms with Gasteiger partial charge < -0.3 is 9.64 Å². The monoisotopic (exact) mass is 478 g/mol. The molecule has 2 amide bonds. The molecule has 3 aromatic rings. The van der Waals surface area contributed by atoms with Crippen LogP contribution in [0.2, 0.25) is 5.02 Å². The molecule has 0 radical (unpaired) electrons. The van der Waals surface area contributed by atoms with E-state index in [-0.39, 0.29) is 17.6 Å². The van der Waals surface area contributed by atoms with Crippen LogP contribution < -0.4 is 14.5 Å². The van der Waals surface area contributed by atoms with Crippen LogP contribution in [-0.4, -0.2) is 24.2 Å². The maximum atomic E-state index is 14.1. The third-order valence-electron chi connectivity index (χ3n) is 5.92. The van der Waals surface area contributed by atoms with Crippen LogP contribution in [0.4, 0.5) is 11.4 Å². The molecule has 0 unspecified atom stereocenters. The average Bonchev–Trinajstić information content (AvgIpc) is 3.30. The van der Waals surface area contributed by atoms with E-state index in [1.807, 2.05) is 72.8 Å². The molecule has 0 N–H and O–H groups in total. The highest BCUT2D eigenvalue weighted by molar-refractivity contribution is 8.02. The van der Waals surface area contributed by atoms with E-state index in [1.165, 1.54) is 11.8 Å². The molecule has 1 spiro atoms. The first-order valence-electron chi connectivity index (χ1n) is 10.9. The van der Waals surface area contributed by atoms with Crippen LogP contribution in [0.1, 0.15) is 24.5 Å². The standard InChI is InChI=1S/C26H23ClN2O3S/c1-2-15-32-20-13-11-19(12-14-20)29-24(30)17-33-26(29)21-8-4-6-10-23(21)28(25(26)31)16-18-7-3-5-9-22(18)27/h3-14H,2,15-17H2,1H3/t26-/m0/s1. The van der Waals surface area contributed by atoms with Gasteiger partial charge in [-0.1, -0.05) is 54.9 Å². The molecule has 5 rings (SSSR count). The highest BCUT2D eigenvalue weighted by atomic mass is 35.5. The lowest BCUT2D eigenvalue weighted by Gasteiger charge is -2.33. The Morgan fingerprint density at radius 1 is 1.00 bits per heavy atom. The topological polar surface area (TPSA) is 49.9 Å². The van der Waals surface area contributed by atoms with Crippen molar-refractivity contribution in [2.75, 3.05) is 22.2 Å². The number of hydrogen-bond acceptors (Lipinski definition) is 4. The molecule has 2 aliphatic heterocycles. The van der Waals surface area contributed by atoms with Crippen LogP contribution in [-0.2, 0) is 21.0 Å². The summed E-state index contributed by atoms with van der Waals surface area (Å²) in [5.41, 5.74) is 3.16. The number of ether oxygens (including phenoxy) is 1. The number of rotatable bonds is 6. The van der Waals surface area contributed by atoms with Gasteiger partial charge in [0.05, 0.1) is 24.6 Å². The van der Waals surface area contributed by atoms with E-state index in [0.717, 1.165) is 29.0 Å². The van der Waals surface area contributed by atoms with Gasteiger partial charge in [-0.2, -0.15) is 0 Å². The van der Waals surface area contributed by atoms with Gasteiger partial charge in [0.25, 0.3) is 5.91 Å². The van der Waals surface area contributed by atoms with Crippen molar-refractivity contribution in [3.8, 4) is 5.75 Å². The van der Waals surface area contributed by atoms with Crippen molar-refractivity contribution < 1.29 is 14.3 Å². The molecule has 1 fully saturated rings. The molecule has 168 valence electrons. The lowest BCUT2D eigenvalue weighted by atomic mass is 10.0. The zero-order valence-corrected chi connectivity index (χ0v) is 19.7. The minimum absolute atomic E-state index is 0.0926. The van der Waals surface area contributed by atoms with E-state index < -0.39 is 4.87 Å². The Kier molecular flexibility index (Phi) is 5.81. The fourth-order valence-electron chi connectivity index (χ4n) is 4.42. The van der Waals surface area contributed by atoms with Gasteiger partial charge in [0, 0.05) is 16.3 Å². The lowest BCUT2D eigenvalue weighted by Crippen LogP contribution is -2.49. The maximum absolute atomic E-state index is 14.1. The summed E-state index contributed by atoms with van der Waals surface area (Å²) in [5, 5.41) is 0.610. The Bertz CT molecular complexity index is 1220. The third kappa shape index (κ3) is 3.58. The Hall–Kier alpha value is -2.96. The van der Waals surface area contributed by atoms with E-state index in [2.05, 4.69) is 6.92 Å². The van der Waals surface area contributed by atoms with Crippen LogP contribution >= 0.6 is 23.4 Å². The van der Waals surface area contributed by atoms with Crippen LogP contribution in [0, 0.1) is 0 Å². The number of halogens is 1. The van der Waals surface area contributed by atoms with Crippen LogP contribution in [0.15, 0.2) is 72.8 Å². The first kappa shape index (κ1) is 21.9. The van der Waals surface area contributed by atoms with E-state index in [4.69, 9.17) is 16.3 Å². The van der Waals surface area contributed by atoms with Gasteiger partial charge >= 0.3 is 0 Å². The molecular formula is C26H23ClN2O3S. The minimum Gasteiger partial charge on any atom is -0.494 e. The van der Waals surface area contributed by atoms with E-state index in [0.29, 0.717) is 23.9 Å². The number of thioether (sulfide) groups is 1. The summed E-state index contributed by atoms with van der Waals surface area (Å²) >= 11 is 7.78. The maximum Gasteiger partial charge on any atom is 0.269 e. The largest absolute Gasteiger partial charge is 0.494 e. The van der Waals surface area contributed by atoms with E-state index in [1.54, 1.807) is 9.80 Å². The predicted octanol–water partition coefficient (Wildman–Crippen LogP) is 5.61. The zero-order valence-electron chi connectivity index (χ0n) is 18.2. The quantitative estimate of drug-likeness (QED) is 0.462. The Balaban J connectivity index is 1.57. The fourth-order valence-corrected chi connectivity index (χ4v) is 5.98. The van der Waals surface area contributed by atoms with Gasteiger partial charge in [-0.15, -0.1) is 11.8 Å². The number of benzene rings is 3. The second-order valence-corrected chi connectivity index (χ2v) is 9.58. The van der Waals surface area contributed by atoms with Crippen molar-refractivity contribution in [2.45, 2.75) is 24.8 Å². The molecule has 0 bridgehead atoms. The molecule has 0 saturated carbocycles. The van der Waals surface area contributed by atoms with Gasteiger partial charge in [-0.05, 0) is 48.4 Å². The number of nitrogens with zero attached hydrogens (tertiary/aromatic N) is 2. The van der Waals surface area contributed by atoms with Crippen molar-refractivity contribution in [2.24, 2.45) is 0 Å². The number of carbonyl (C=O) groups excluding carboxylic acids is 2. The highest BCUT2D eigenvalue weighted by Crippen LogP contribution is 2.56. The van der Waals surface area contributed by atoms with Gasteiger partial charge in [0.15, 0.2) is 0 Å². The van der Waals surface area contributed by atoms with Gasteiger partial charge in [-0.25, -0.2) is 0 Å². The summed E-state index contributed by atoms with van der Waals surface area (Å²) in [6, 6.07) is 22.6. The molecule has 0 aliphatic carbocycles. The molecule has 3 aromatic carbocycles. The number of hydrogen-bond donors (Lipinski definition) is 0. The Morgan fingerprint density at radius 3 is 2.48 bits per heavy atom. The molecule has 2 aliphatic rings. The minimum atomic E-state index is -1.14. The third-order valence-corrected chi connectivity index (χ3v) is 7.67. The first-order chi connectivity index (χ1) is 16.1. The highest BCUT2D eigenvalue weighted by Gasteiger charge is 2.60. The van der Waals surface area contributed by atoms with Crippen molar-refractivity contribution >= 4 is 46.6 Å². The second-order valence-electron chi connectivity index (χ2n) is 8.00. The van der Waals surface area contributed by atoms with E-state index in [9.17, 15) is 9.59 Å². The molecule has 5 nitrogen and oxygen atoms in total. The fraction of sp³-hybridized carbons (Fsp3) is 0.231. The van der Waals surface area contributed by atoms with Crippen molar-refractivity contribution in [1.29, 1.82) is 0 Å².